The van der Waals surface area contributed by atoms with E-state index in [1.54, 1.807) is 0 Å². The molecule has 0 radical (unpaired) electrons. The van der Waals surface area contributed by atoms with Gasteiger partial charge < -0.3 is 6.08 Å². The summed E-state index contributed by atoms with van der Waals surface area (Å²) >= 11 is 0. The monoisotopic (exact) mass is 454 g/mol. The Morgan fingerprint density at radius 1 is 0.643 bits per heavy atom. The van der Waals surface area contributed by atoms with Crippen LogP contribution in [-0.4, -0.2) is 0 Å². The van der Waals surface area contributed by atoms with Crippen molar-refractivity contribution in [3.63, 3.8) is 0 Å². The van der Waals surface area contributed by atoms with Gasteiger partial charge in [0.1, 0.15) is 0 Å². The van der Waals surface area contributed by atoms with Crippen LogP contribution in [0.25, 0.3) is 0 Å². The van der Waals surface area contributed by atoms with Crippen molar-refractivity contribution in [1.82, 2.24) is 0 Å². The van der Waals surface area contributed by atoms with Gasteiger partial charge in [0.05, 0.1) is 0 Å². The van der Waals surface area contributed by atoms with Crippen LogP contribution in [0.3, 0.4) is 0 Å². The van der Waals surface area contributed by atoms with E-state index in [4.69, 9.17) is 0 Å². The Kier molecular flexibility index (Phi) is 16.0. The van der Waals surface area contributed by atoms with E-state index >= 15 is 0 Å². The zero-order chi connectivity index (χ0) is 19.0. The van der Waals surface area contributed by atoms with Crippen LogP contribution in [-0.2, 0) is 26.2 Å². The molecule has 3 aliphatic rings. The molecule has 0 atom stereocenters. The van der Waals surface area contributed by atoms with Gasteiger partial charge in [-0.2, -0.15) is 5.56 Å². The van der Waals surface area contributed by atoms with Crippen LogP contribution in [0, 0.1) is 12.2 Å². The number of hydrogen-bond acceptors (Lipinski definition) is 0. The van der Waals surface area contributed by atoms with Gasteiger partial charge in [-0.1, -0.05) is 103 Å². The van der Waals surface area contributed by atoms with E-state index in [1.807, 2.05) is 0 Å². The van der Waals surface area contributed by atoms with Gasteiger partial charge >= 0.3 is 26.2 Å². The third-order valence-electron chi connectivity index (χ3n) is 5.63. The van der Waals surface area contributed by atoms with Crippen LogP contribution in [0.1, 0.15) is 115 Å². The smallest absolute Gasteiger partial charge is 0.323 e. The summed E-state index contributed by atoms with van der Waals surface area (Å²) in [6.07, 6.45) is 29.3. The number of allylic oxidation sites excluding steroid dienone is 3. The molecule has 0 bridgehead atoms. The Morgan fingerprint density at radius 3 is 1.57 bits per heavy atom. The SMILES string of the molecule is C1CCCC1.C1CCCC1.CCC[C-]=C1CCCCC1=[C-]c1ccccc1.[Zr+4]. The molecule has 0 unspecified atom stereocenters. The van der Waals surface area contributed by atoms with E-state index in [1.165, 1.54) is 113 Å². The third kappa shape index (κ3) is 11.6. The van der Waals surface area contributed by atoms with Crippen LogP contribution >= 0.6 is 0 Å². The molecule has 1 heteroatoms. The third-order valence-corrected chi connectivity index (χ3v) is 5.63. The topological polar surface area (TPSA) is 0 Å². The normalized spacial score (nSPS) is 21.3. The van der Waals surface area contributed by atoms with Gasteiger partial charge in [0.2, 0.25) is 0 Å². The standard InChI is InChI=1S/C17H20.2C5H10.Zr/c1-2-3-11-16-12-7-8-13-17(16)14-15-9-5-4-6-10-15;2*1-2-4-5-3-1;/h4-6,9-10H,2-3,7-8,12-13H2,1H3;2*1-5H2;/q-2;;;+4. The average Bonchev–Trinajstić information content (AvgIpc) is 3.47. The first-order valence-corrected chi connectivity index (χ1v) is 11.7. The van der Waals surface area contributed by atoms with Crippen LogP contribution in [0.4, 0.5) is 0 Å². The zero-order valence-corrected chi connectivity index (χ0v) is 20.7. The van der Waals surface area contributed by atoms with Gasteiger partial charge in [-0.25, -0.2) is 6.08 Å². The minimum Gasteiger partial charge on any atom is -0.323 e. The summed E-state index contributed by atoms with van der Waals surface area (Å²) in [5.41, 5.74) is 4.00. The van der Waals surface area contributed by atoms with Crippen molar-refractivity contribution >= 4 is 0 Å². The minimum absolute atomic E-state index is 0. The van der Waals surface area contributed by atoms with E-state index in [9.17, 15) is 0 Å². The Balaban J connectivity index is 0.000000290. The summed E-state index contributed by atoms with van der Waals surface area (Å²) in [5.74, 6) is 0. The first-order valence-electron chi connectivity index (χ1n) is 11.7. The molecule has 3 fully saturated rings. The second kappa shape index (κ2) is 17.4. The molecule has 0 nitrogen and oxygen atoms in total. The number of hydrogen-bond donors (Lipinski definition) is 0. The molecular formula is C27H40Zr+2. The van der Waals surface area contributed by atoms with Crippen molar-refractivity contribution in [2.75, 3.05) is 0 Å². The van der Waals surface area contributed by atoms with E-state index in [0.717, 1.165) is 6.42 Å². The second-order valence-electron chi connectivity index (χ2n) is 8.12. The maximum Gasteiger partial charge on any atom is 4.00 e. The molecule has 1 aromatic rings. The molecule has 0 spiro atoms. The molecule has 0 aromatic heterocycles. The Hall–Kier alpha value is -0.417. The largest absolute Gasteiger partial charge is 4.00 e. The number of benzene rings is 1. The van der Waals surface area contributed by atoms with Crippen LogP contribution in [0.2, 0.25) is 0 Å². The molecule has 0 amide bonds. The Morgan fingerprint density at radius 2 is 1.11 bits per heavy atom. The van der Waals surface area contributed by atoms with Gasteiger partial charge in [0, 0.05) is 0 Å². The van der Waals surface area contributed by atoms with E-state index in [-0.39, 0.29) is 26.2 Å². The molecule has 1 aromatic carbocycles. The fourth-order valence-corrected chi connectivity index (χ4v) is 3.98. The molecule has 0 saturated heterocycles. The fourth-order valence-electron chi connectivity index (χ4n) is 3.98. The van der Waals surface area contributed by atoms with Crippen molar-refractivity contribution in [3.05, 3.63) is 59.2 Å². The summed E-state index contributed by atoms with van der Waals surface area (Å²) in [7, 11) is 0. The zero-order valence-electron chi connectivity index (χ0n) is 18.2. The fraction of sp³-hybridized carbons (Fsp3) is 0.630. The summed E-state index contributed by atoms with van der Waals surface area (Å²) in [6.45, 7) is 2.21. The van der Waals surface area contributed by atoms with Gasteiger partial charge in [-0.15, -0.1) is 37.1 Å². The molecular weight excluding hydrogens is 416 g/mol. The summed E-state index contributed by atoms with van der Waals surface area (Å²) in [5, 5.41) is 0. The molecule has 0 aliphatic heterocycles. The van der Waals surface area contributed by atoms with Crippen molar-refractivity contribution in [3.8, 4) is 0 Å². The maximum absolute atomic E-state index is 3.56. The van der Waals surface area contributed by atoms with Crippen molar-refractivity contribution in [2.45, 2.75) is 110 Å². The van der Waals surface area contributed by atoms with Crippen molar-refractivity contribution in [2.24, 2.45) is 0 Å². The average molecular weight is 456 g/mol. The first-order chi connectivity index (χ1) is 13.4. The van der Waals surface area contributed by atoms with Crippen LogP contribution in [0.15, 0.2) is 41.5 Å². The van der Waals surface area contributed by atoms with E-state index in [0.29, 0.717) is 0 Å². The van der Waals surface area contributed by atoms with Gasteiger partial charge in [0.25, 0.3) is 0 Å². The molecule has 28 heavy (non-hydrogen) atoms. The quantitative estimate of drug-likeness (QED) is 0.399. The Labute approximate surface area is 194 Å². The van der Waals surface area contributed by atoms with E-state index in [2.05, 4.69) is 49.4 Å². The van der Waals surface area contributed by atoms with Crippen LogP contribution in [0.5, 0.6) is 0 Å². The Bertz CT molecular complexity index is 507. The molecule has 4 rings (SSSR count). The van der Waals surface area contributed by atoms with Crippen molar-refractivity contribution in [1.29, 1.82) is 0 Å². The maximum atomic E-state index is 3.56. The molecule has 0 heterocycles. The van der Waals surface area contributed by atoms with Gasteiger partial charge in [-0.3, -0.25) is 11.1 Å². The van der Waals surface area contributed by atoms with Gasteiger partial charge in [0.15, 0.2) is 0 Å². The summed E-state index contributed by atoms with van der Waals surface area (Å²) in [6, 6.07) is 10.4. The molecule has 150 valence electrons. The molecule has 0 N–H and O–H groups in total. The van der Waals surface area contributed by atoms with Crippen LogP contribution < -0.4 is 0 Å². The summed E-state index contributed by atoms with van der Waals surface area (Å²) < 4.78 is 0. The number of unbranched alkanes of at least 4 members (excludes halogenated alkanes) is 1. The van der Waals surface area contributed by atoms with Gasteiger partial charge in [-0.05, 0) is 0 Å². The predicted octanol–water partition coefficient (Wildman–Crippen LogP) is 8.77. The second-order valence-corrected chi connectivity index (χ2v) is 8.12. The minimum atomic E-state index is 0. The van der Waals surface area contributed by atoms with E-state index < -0.39 is 0 Å². The first kappa shape index (κ1) is 25.6. The summed E-state index contributed by atoms with van der Waals surface area (Å²) in [4.78, 5) is 0. The van der Waals surface area contributed by atoms with Crippen molar-refractivity contribution < 1.29 is 26.2 Å². The molecule has 3 saturated carbocycles. The molecule has 3 aliphatic carbocycles. The predicted molar refractivity (Wildman–Crippen MR) is 119 cm³/mol. The number of rotatable bonds is 3.